The second-order valence-electron chi connectivity index (χ2n) is 5.81. The van der Waals surface area contributed by atoms with E-state index in [4.69, 9.17) is 23.2 Å². The molecule has 0 radical (unpaired) electrons. The predicted octanol–water partition coefficient (Wildman–Crippen LogP) is 3.16. The van der Waals surface area contributed by atoms with Crippen molar-refractivity contribution < 1.29 is 14.7 Å². The number of anilines is 1. The van der Waals surface area contributed by atoms with Gasteiger partial charge >= 0.3 is 0 Å². The van der Waals surface area contributed by atoms with Crippen LogP contribution in [-0.4, -0.2) is 23.3 Å². The number of amides is 1. The van der Waals surface area contributed by atoms with Crippen LogP contribution in [0.4, 0.5) is 5.69 Å². The number of benzene rings is 1. The van der Waals surface area contributed by atoms with Gasteiger partial charge in [-0.15, -0.1) is 0 Å². The number of rotatable bonds is 4. The molecule has 1 aliphatic heterocycles. The van der Waals surface area contributed by atoms with Gasteiger partial charge in [0.1, 0.15) is 5.78 Å². The Balaban J connectivity index is 2.64. The van der Waals surface area contributed by atoms with E-state index in [-0.39, 0.29) is 23.1 Å². The Morgan fingerprint density at radius 1 is 1.38 bits per heavy atom. The maximum absolute atomic E-state index is 12.6. The average Bonchev–Trinajstić information content (AvgIpc) is 2.55. The van der Waals surface area contributed by atoms with E-state index >= 15 is 0 Å². The number of hydrogen-bond acceptors (Lipinski definition) is 3. The van der Waals surface area contributed by atoms with Crippen LogP contribution in [0, 0.1) is 5.92 Å². The Morgan fingerprint density at radius 3 is 2.52 bits per heavy atom. The summed E-state index contributed by atoms with van der Waals surface area (Å²) in [6, 6.07) is 3.09. The molecule has 0 fully saturated rings. The van der Waals surface area contributed by atoms with Gasteiger partial charge in [-0.25, -0.2) is 0 Å². The van der Waals surface area contributed by atoms with Crippen LogP contribution in [0.25, 0.3) is 0 Å². The number of nitrogens with zero attached hydrogens (tertiary/aromatic N) is 1. The lowest BCUT2D eigenvalue weighted by Crippen LogP contribution is -2.42. The van der Waals surface area contributed by atoms with Crippen LogP contribution in [0.15, 0.2) is 12.1 Å². The summed E-state index contributed by atoms with van der Waals surface area (Å²) in [5.41, 5.74) is -1.10. The third-order valence-electron chi connectivity index (χ3n) is 3.44. The molecule has 1 aliphatic rings. The van der Waals surface area contributed by atoms with Gasteiger partial charge in [0.2, 0.25) is 0 Å². The van der Waals surface area contributed by atoms with Crippen molar-refractivity contribution in [3.63, 3.8) is 0 Å². The van der Waals surface area contributed by atoms with E-state index in [0.29, 0.717) is 22.8 Å². The molecule has 0 bridgehead atoms. The highest BCUT2D eigenvalue weighted by molar-refractivity contribution is 6.44. The Bertz CT molecular complexity index is 615. The number of carbonyl (C=O) groups excluding carboxylic acids is 2. The van der Waals surface area contributed by atoms with Gasteiger partial charge in [-0.2, -0.15) is 0 Å². The van der Waals surface area contributed by atoms with Crippen LogP contribution >= 0.6 is 23.2 Å². The Morgan fingerprint density at radius 2 is 2.00 bits per heavy atom. The van der Waals surface area contributed by atoms with Crippen LogP contribution in [0.2, 0.25) is 10.0 Å². The first-order valence-corrected chi connectivity index (χ1v) is 7.46. The minimum absolute atomic E-state index is 0.177. The molecular weight excluding hydrogens is 313 g/mol. The molecule has 114 valence electrons. The summed E-state index contributed by atoms with van der Waals surface area (Å²) in [7, 11) is 0. The maximum Gasteiger partial charge on any atom is 0.264 e. The SMILES string of the molecule is CC(=O)CC1(O)C(=O)N(CC(C)C)c2c1ccc(Cl)c2Cl. The number of ketones is 1. The summed E-state index contributed by atoms with van der Waals surface area (Å²) in [5, 5.41) is 11.3. The summed E-state index contributed by atoms with van der Waals surface area (Å²) in [4.78, 5) is 25.5. The minimum Gasteiger partial charge on any atom is -0.375 e. The van der Waals surface area contributed by atoms with Gasteiger partial charge in [-0.05, 0) is 18.9 Å². The van der Waals surface area contributed by atoms with Crippen LogP contribution < -0.4 is 4.90 Å². The average molecular weight is 330 g/mol. The first-order chi connectivity index (χ1) is 9.68. The molecule has 1 amide bonds. The van der Waals surface area contributed by atoms with Crippen LogP contribution in [0.5, 0.6) is 0 Å². The molecule has 4 nitrogen and oxygen atoms in total. The Kier molecular flexibility index (Phi) is 4.34. The van der Waals surface area contributed by atoms with E-state index in [0.717, 1.165) is 0 Å². The highest BCUT2D eigenvalue weighted by Gasteiger charge is 2.51. The van der Waals surface area contributed by atoms with Gasteiger partial charge < -0.3 is 10.0 Å². The normalized spacial score (nSPS) is 21.1. The summed E-state index contributed by atoms with van der Waals surface area (Å²) < 4.78 is 0. The highest BCUT2D eigenvalue weighted by atomic mass is 35.5. The van der Waals surface area contributed by atoms with Gasteiger partial charge in [0.15, 0.2) is 5.60 Å². The zero-order chi connectivity index (χ0) is 15.9. The molecule has 6 heteroatoms. The zero-order valence-electron chi connectivity index (χ0n) is 12.1. The third-order valence-corrected chi connectivity index (χ3v) is 4.23. The van der Waals surface area contributed by atoms with Gasteiger partial charge in [-0.1, -0.05) is 43.1 Å². The lowest BCUT2D eigenvalue weighted by molar-refractivity contribution is -0.141. The van der Waals surface area contributed by atoms with Gasteiger partial charge in [0.05, 0.1) is 15.7 Å². The van der Waals surface area contributed by atoms with Crippen molar-refractivity contribution >= 4 is 40.6 Å². The van der Waals surface area contributed by atoms with Crippen molar-refractivity contribution in [3.8, 4) is 0 Å². The summed E-state index contributed by atoms with van der Waals surface area (Å²) in [6.07, 6.45) is -0.272. The quantitative estimate of drug-likeness (QED) is 0.923. The first kappa shape index (κ1) is 16.3. The van der Waals surface area contributed by atoms with E-state index < -0.39 is 11.5 Å². The largest absolute Gasteiger partial charge is 0.375 e. The monoisotopic (exact) mass is 329 g/mol. The minimum atomic E-state index is -1.86. The zero-order valence-corrected chi connectivity index (χ0v) is 13.6. The number of hydrogen-bond donors (Lipinski definition) is 1. The van der Waals surface area contributed by atoms with Gasteiger partial charge in [0.25, 0.3) is 5.91 Å². The highest BCUT2D eigenvalue weighted by Crippen LogP contribution is 2.48. The summed E-state index contributed by atoms with van der Waals surface area (Å²) in [6.45, 7) is 5.64. The molecule has 1 aromatic rings. The standard InChI is InChI=1S/C15H17Cl2NO3/c1-8(2)7-18-13-10(4-5-11(16)12(13)17)15(21,14(18)20)6-9(3)19/h4-5,8,21H,6-7H2,1-3H3. The first-order valence-electron chi connectivity index (χ1n) is 6.70. The van der Waals surface area contributed by atoms with E-state index in [2.05, 4.69) is 0 Å². The molecule has 0 spiro atoms. The topological polar surface area (TPSA) is 57.6 Å². The van der Waals surface area contributed by atoms with Crippen molar-refractivity contribution in [2.75, 3.05) is 11.4 Å². The summed E-state index contributed by atoms with van der Waals surface area (Å²) >= 11 is 12.2. The lowest BCUT2D eigenvalue weighted by Gasteiger charge is -2.23. The smallest absolute Gasteiger partial charge is 0.264 e. The molecule has 2 rings (SSSR count). The fraction of sp³-hybridized carbons (Fsp3) is 0.467. The molecule has 1 heterocycles. The summed E-state index contributed by atoms with van der Waals surface area (Å²) in [5.74, 6) is -0.614. The molecule has 1 aromatic carbocycles. The number of fused-ring (bicyclic) bond motifs is 1. The molecule has 1 N–H and O–H groups in total. The van der Waals surface area contributed by atoms with Crippen LogP contribution in [-0.2, 0) is 15.2 Å². The van der Waals surface area contributed by atoms with E-state index in [1.165, 1.54) is 17.9 Å². The Labute approximate surface area is 133 Å². The van der Waals surface area contributed by atoms with E-state index in [1.54, 1.807) is 6.07 Å². The lowest BCUT2D eigenvalue weighted by atomic mass is 9.90. The maximum atomic E-state index is 12.6. The fourth-order valence-corrected chi connectivity index (χ4v) is 3.07. The van der Waals surface area contributed by atoms with Crippen molar-refractivity contribution in [3.05, 3.63) is 27.7 Å². The van der Waals surface area contributed by atoms with Gasteiger partial charge in [0, 0.05) is 18.5 Å². The second kappa shape index (κ2) is 5.59. The number of Topliss-reactive ketones (excluding diaryl/α,β-unsaturated/α-hetero) is 1. The van der Waals surface area contributed by atoms with Crippen LogP contribution in [0.3, 0.4) is 0 Å². The number of carbonyl (C=O) groups is 2. The van der Waals surface area contributed by atoms with Crippen molar-refractivity contribution in [1.82, 2.24) is 0 Å². The third kappa shape index (κ3) is 2.68. The predicted molar refractivity (Wildman–Crippen MR) is 82.8 cm³/mol. The molecule has 0 saturated carbocycles. The Hall–Kier alpha value is -1.10. The number of halogens is 2. The molecule has 0 saturated heterocycles. The molecule has 0 aliphatic carbocycles. The molecular formula is C15H17Cl2NO3. The molecule has 0 aromatic heterocycles. The molecule has 1 unspecified atom stereocenters. The van der Waals surface area contributed by atoms with E-state index in [1.807, 2.05) is 13.8 Å². The van der Waals surface area contributed by atoms with Crippen molar-refractivity contribution in [1.29, 1.82) is 0 Å². The van der Waals surface area contributed by atoms with Crippen molar-refractivity contribution in [2.24, 2.45) is 5.92 Å². The fourth-order valence-electron chi connectivity index (χ4n) is 2.65. The van der Waals surface area contributed by atoms with Crippen molar-refractivity contribution in [2.45, 2.75) is 32.8 Å². The van der Waals surface area contributed by atoms with E-state index in [9.17, 15) is 14.7 Å². The number of aliphatic hydroxyl groups is 1. The molecule has 21 heavy (non-hydrogen) atoms. The second-order valence-corrected chi connectivity index (χ2v) is 6.59. The van der Waals surface area contributed by atoms with Gasteiger partial charge in [-0.3, -0.25) is 9.59 Å². The molecule has 1 atom stereocenters. The van der Waals surface area contributed by atoms with Crippen LogP contribution in [0.1, 0.15) is 32.8 Å².